The predicted molar refractivity (Wildman–Crippen MR) is 56.3 cm³/mol. The van der Waals surface area contributed by atoms with Crippen molar-refractivity contribution in [3.05, 3.63) is 28.1 Å². The monoisotopic (exact) mass is 222 g/mol. The first-order chi connectivity index (χ1) is 6.88. The van der Waals surface area contributed by atoms with Crippen molar-refractivity contribution in [1.29, 1.82) is 5.26 Å². The molecule has 2 heterocycles. The van der Waals surface area contributed by atoms with Gasteiger partial charge in [-0.1, -0.05) is 0 Å². The molecule has 0 bridgehead atoms. The molecule has 70 valence electrons. The summed E-state index contributed by atoms with van der Waals surface area (Å²) >= 11 is 2.74. The molecule has 0 fully saturated rings. The van der Waals surface area contributed by atoms with Gasteiger partial charge >= 0.3 is 0 Å². The number of hydrogen-bond acceptors (Lipinski definition) is 6. The molecule has 0 aliphatic rings. The van der Waals surface area contributed by atoms with E-state index < -0.39 is 0 Å². The quantitative estimate of drug-likeness (QED) is 0.863. The number of nitrogens with zero attached hydrogens (tertiary/aromatic N) is 3. The van der Waals surface area contributed by atoms with Gasteiger partial charge in [-0.3, -0.25) is 0 Å². The van der Waals surface area contributed by atoms with Crippen molar-refractivity contribution in [2.24, 2.45) is 0 Å². The minimum Gasteiger partial charge on any atom is -0.363 e. The van der Waals surface area contributed by atoms with Gasteiger partial charge in [-0.25, -0.2) is 0 Å². The fourth-order valence-electron chi connectivity index (χ4n) is 0.952. The lowest BCUT2D eigenvalue weighted by Gasteiger charge is -1.97. The summed E-state index contributed by atoms with van der Waals surface area (Å²) in [6.45, 7) is 0.692. The van der Waals surface area contributed by atoms with Crippen molar-refractivity contribution in [2.75, 3.05) is 5.32 Å². The third kappa shape index (κ3) is 2.07. The van der Waals surface area contributed by atoms with Crippen LogP contribution in [-0.4, -0.2) is 8.75 Å². The molecular weight excluding hydrogens is 216 g/mol. The first-order valence-corrected chi connectivity index (χ1v) is 5.48. The highest BCUT2D eigenvalue weighted by Gasteiger charge is 1.99. The maximum atomic E-state index is 8.62. The summed E-state index contributed by atoms with van der Waals surface area (Å²) in [6, 6.07) is 3.97. The Morgan fingerprint density at radius 3 is 3.14 bits per heavy atom. The van der Waals surface area contributed by atoms with E-state index in [-0.39, 0.29) is 0 Å². The van der Waals surface area contributed by atoms with Crippen molar-refractivity contribution < 1.29 is 0 Å². The summed E-state index contributed by atoms with van der Waals surface area (Å²) in [7, 11) is 0. The minimum atomic E-state index is 0.692. The van der Waals surface area contributed by atoms with Gasteiger partial charge in [0, 0.05) is 10.3 Å². The summed E-state index contributed by atoms with van der Waals surface area (Å²) in [4.78, 5) is 1.12. The van der Waals surface area contributed by atoms with Crippen LogP contribution in [0, 0.1) is 11.3 Å². The molecule has 4 nitrogen and oxygen atoms in total. The maximum Gasteiger partial charge on any atom is 0.160 e. The second-order valence-electron chi connectivity index (χ2n) is 2.56. The maximum absolute atomic E-state index is 8.62. The van der Waals surface area contributed by atoms with E-state index in [9.17, 15) is 0 Å². The molecule has 2 rings (SSSR count). The molecule has 0 aromatic carbocycles. The standard InChI is InChI=1S/C8H6N4S2/c9-2-6-1-7(13-5-6)3-10-8-4-11-14-12-8/h1,4-5H,3H2,(H,10,12). The second-order valence-corrected chi connectivity index (χ2v) is 4.11. The Morgan fingerprint density at radius 2 is 2.50 bits per heavy atom. The van der Waals surface area contributed by atoms with Crippen LogP contribution in [0.3, 0.4) is 0 Å². The topological polar surface area (TPSA) is 61.6 Å². The number of aromatic nitrogens is 2. The number of anilines is 1. The van der Waals surface area contributed by atoms with Crippen LogP contribution in [0.15, 0.2) is 17.6 Å². The van der Waals surface area contributed by atoms with E-state index in [1.54, 1.807) is 17.5 Å². The summed E-state index contributed by atoms with van der Waals surface area (Å²) < 4.78 is 7.89. The molecule has 0 unspecified atom stereocenters. The zero-order valence-electron chi connectivity index (χ0n) is 7.10. The molecule has 6 heteroatoms. The average molecular weight is 222 g/mol. The minimum absolute atomic E-state index is 0.692. The van der Waals surface area contributed by atoms with Crippen molar-refractivity contribution >= 4 is 28.9 Å². The van der Waals surface area contributed by atoms with Crippen LogP contribution in [0.1, 0.15) is 10.4 Å². The van der Waals surface area contributed by atoms with E-state index in [0.717, 1.165) is 10.7 Å². The highest BCUT2D eigenvalue weighted by Crippen LogP contribution is 2.15. The van der Waals surface area contributed by atoms with Gasteiger partial charge < -0.3 is 5.32 Å². The summed E-state index contributed by atoms with van der Waals surface area (Å²) in [5.74, 6) is 0.780. The van der Waals surface area contributed by atoms with Crippen molar-refractivity contribution in [1.82, 2.24) is 8.75 Å². The Kier molecular flexibility index (Phi) is 2.72. The zero-order chi connectivity index (χ0) is 9.80. The average Bonchev–Trinajstić information content (AvgIpc) is 2.86. The van der Waals surface area contributed by atoms with Crippen LogP contribution in [0.2, 0.25) is 0 Å². The van der Waals surface area contributed by atoms with Gasteiger partial charge in [0.1, 0.15) is 6.07 Å². The normalized spacial score (nSPS) is 9.64. The van der Waals surface area contributed by atoms with Gasteiger partial charge in [0.2, 0.25) is 0 Å². The number of hydrogen-bond donors (Lipinski definition) is 1. The molecular formula is C8H6N4S2. The lowest BCUT2D eigenvalue weighted by Crippen LogP contribution is -1.96. The van der Waals surface area contributed by atoms with Crippen LogP contribution in [-0.2, 0) is 6.54 Å². The smallest absolute Gasteiger partial charge is 0.160 e. The Hall–Kier alpha value is -1.45. The highest BCUT2D eigenvalue weighted by molar-refractivity contribution is 7.10. The lowest BCUT2D eigenvalue weighted by molar-refractivity contribution is 1.17. The van der Waals surface area contributed by atoms with Gasteiger partial charge in [0.05, 0.1) is 30.0 Å². The molecule has 2 aromatic rings. The number of nitrogens with one attached hydrogen (secondary N) is 1. The molecule has 0 aliphatic heterocycles. The molecule has 0 atom stereocenters. The first kappa shape index (κ1) is 9.12. The fraction of sp³-hybridized carbons (Fsp3) is 0.125. The molecule has 2 aromatic heterocycles. The molecule has 0 saturated heterocycles. The SMILES string of the molecule is N#Cc1csc(CNc2cnsn2)c1. The van der Waals surface area contributed by atoms with E-state index in [0.29, 0.717) is 12.1 Å². The molecule has 0 amide bonds. The highest BCUT2D eigenvalue weighted by atomic mass is 32.1. The van der Waals surface area contributed by atoms with Crippen LogP contribution in [0.5, 0.6) is 0 Å². The zero-order valence-corrected chi connectivity index (χ0v) is 8.73. The van der Waals surface area contributed by atoms with Gasteiger partial charge in [-0.2, -0.15) is 14.0 Å². The van der Waals surface area contributed by atoms with Crippen molar-refractivity contribution in [2.45, 2.75) is 6.54 Å². The number of rotatable bonds is 3. The summed E-state index contributed by atoms with van der Waals surface area (Å²) in [5, 5.41) is 13.6. The van der Waals surface area contributed by atoms with E-state index in [1.807, 2.05) is 11.4 Å². The summed E-state index contributed by atoms with van der Waals surface area (Å²) in [6.07, 6.45) is 1.68. The van der Waals surface area contributed by atoms with Crippen LogP contribution in [0.4, 0.5) is 5.82 Å². The largest absolute Gasteiger partial charge is 0.363 e. The summed E-state index contributed by atoms with van der Waals surface area (Å²) in [5.41, 5.74) is 0.711. The Balaban J connectivity index is 1.96. The van der Waals surface area contributed by atoms with E-state index in [4.69, 9.17) is 5.26 Å². The molecule has 1 N–H and O–H groups in total. The predicted octanol–water partition coefficient (Wildman–Crippen LogP) is 2.08. The third-order valence-corrected chi connectivity index (χ3v) is 3.00. The van der Waals surface area contributed by atoms with Crippen LogP contribution in [0.25, 0.3) is 0 Å². The number of nitriles is 1. The second kappa shape index (κ2) is 4.17. The van der Waals surface area contributed by atoms with E-state index >= 15 is 0 Å². The van der Waals surface area contributed by atoms with Gasteiger partial charge in [-0.15, -0.1) is 11.3 Å². The Morgan fingerprint density at radius 1 is 1.57 bits per heavy atom. The third-order valence-electron chi connectivity index (χ3n) is 1.59. The molecule has 0 spiro atoms. The molecule has 0 radical (unpaired) electrons. The van der Waals surface area contributed by atoms with Gasteiger partial charge in [0.15, 0.2) is 5.82 Å². The fourth-order valence-corrected chi connectivity index (χ4v) is 2.10. The van der Waals surface area contributed by atoms with Crippen LogP contribution < -0.4 is 5.32 Å². The van der Waals surface area contributed by atoms with Gasteiger partial charge in [0.25, 0.3) is 0 Å². The van der Waals surface area contributed by atoms with Gasteiger partial charge in [-0.05, 0) is 6.07 Å². The lowest BCUT2D eigenvalue weighted by atomic mass is 10.3. The van der Waals surface area contributed by atoms with E-state index in [1.165, 1.54) is 11.7 Å². The van der Waals surface area contributed by atoms with Crippen LogP contribution >= 0.6 is 23.1 Å². The number of thiophene rings is 1. The Labute approximate surface area is 89.2 Å². The molecule has 0 saturated carbocycles. The Bertz CT molecular complexity index is 440. The van der Waals surface area contributed by atoms with Crippen molar-refractivity contribution in [3.8, 4) is 6.07 Å². The molecule has 0 aliphatic carbocycles. The first-order valence-electron chi connectivity index (χ1n) is 3.87. The van der Waals surface area contributed by atoms with Crippen molar-refractivity contribution in [3.63, 3.8) is 0 Å². The van der Waals surface area contributed by atoms with E-state index in [2.05, 4.69) is 20.1 Å². The molecule has 14 heavy (non-hydrogen) atoms.